The standard InChI is InChI=1S/C20H27N5O5/c1-19(2,26)29-14-9-20(11-21,16-7-6-13-18(22)23-12-24-25(13)16)30-15(14)10-28-17-5-3-4-8-27-17/h6-7,12,14-15,17,26H,3-5,8-10H2,1-2H3,(H2,22,23,24)/p+1/t14-,15+,17?,20?/m0/s1. The number of nitrogen functional groups attached to an aromatic ring is 1. The molecule has 0 bridgehead atoms. The normalized spacial score (nSPS) is 29.9. The number of fused-ring (bicyclic) bond motifs is 1. The molecule has 4 heterocycles. The van der Waals surface area contributed by atoms with Gasteiger partial charge in [-0.1, -0.05) is 0 Å². The van der Waals surface area contributed by atoms with E-state index < -0.39 is 23.6 Å². The maximum atomic E-state index is 10.1. The van der Waals surface area contributed by atoms with Crippen LogP contribution in [0.2, 0.25) is 0 Å². The molecule has 10 heteroatoms. The molecule has 2 aromatic heterocycles. The second-order valence-corrected chi connectivity index (χ2v) is 8.26. The van der Waals surface area contributed by atoms with E-state index in [1.165, 1.54) is 6.33 Å². The molecule has 2 aliphatic heterocycles. The molecule has 2 aliphatic rings. The summed E-state index contributed by atoms with van der Waals surface area (Å²) in [5, 5.41) is 22.6. The summed E-state index contributed by atoms with van der Waals surface area (Å²) in [7, 11) is 0. The molecule has 0 amide bonds. The average molecular weight is 418 g/mol. The molecule has 2 aromatic rings. The van der Waals surface area contributed by atoms with E-state index in [0.717, 1.165) is 19.3 Å². The third kappa shape index (κ3) is 4.12. The molecule has 0 aromatic carbocycles. The predicted octanol–water partition coefficient (Wildman–Crippen LogP) is 1.21. The van der Waals surface area contributed by atoms with Gasteiger partial charge in [-0.2, -0.15) is 10.4 Å². The van der Waals surface area contributed by atoms with E-state index in [1.54, 1.807) is 30.5 Å². The van der Waals surface area contributed by atoms with Crippen molar-refractivity contribution in [3.05, 3.63) is 24.2 Å². The first-order valence-corrected chi connectivity index (χ1v) is 10.2. The Labute approximate surface area is 174 Å². The van der Waals surface area contributed by atoms with Crippen LogP contribution < -0.4 is 5.73 Å². The molecule has 162 valence electrons. The van der Waals surface area contributed by atoms with E-state index in [4.69, 9.17) is 29.8 Å². The predicted molar refractivity (Wildman–Crippen MR) is 106 cm³/mol. The number of nitrogens with zero attached hydrogens (tertiary/aromatic N) is 4. The van der Waals surface area contributed by atoms with E-state index >= 15 is 0 Å². The third-order valence-corrected chi connectivity index (χ3v) is 5.36. The SMILES string of the molecule is CC(C)([OH2+])O[C@H]1CC(C#N)(c2ccc3c(N)ncnn23)O[C@@H]1COC1CCCCO1. The summed E-state index contributed by atoms with van der Waals surface area (Å²) in [6, 6.07) is 5.83. The van der Waals surface area contributed by atoms with Gasteiger partial charge in [0, 0.05) is 26.9 Å². The van der Waals surface area contributed by atoms with Crippen LogP contribution >= 0.6 is 0 Å². The van der Waals surface area contributed by atoms with Gasteiger partial charge in [0.25, 0.3) is 5.79 Å². The lowest BCUT2D eigenvalue weighted by atomic mass is 9.96. The van der Waals surface area contributed by atoms with E-state index in [-0.39, 0.29) is 19.3 Å². The first kappa shape index (κ1) is 21.0. The van der Waals surface area contributed by atoms with Crippen molar-refractivity contribution in [1.82, 2.24) is 14.6 Å². The molecular weight excluding hydrogens is 390 g/mol. The number of hydrogen-bond donors (Lipinski definition) is 1. The fraction of sp³-hybridized carbons (Fsp3) is 0.650. The fourth-order valence-electron chi connectivity index (χ4n) is 4.03. The summed E-state index contributed by atoms with van der Waals surface area (Å²) < 4.78 is 25.3. The van der Waals surface area contributed by atoms with Crippen LogP contribution in [0.1, 0.15) is 45.2 Å². The summed E-state index contributed by atoms with van der Waals surface area (Å²) in [6.07, 6.45) is 3.15. The summed E-state index contributed by atoms with van der Waals surface area (Å²) in [5.41, 5.74) is 5.77. The number of rotatable bonds is 6. The monoisotopic (exact) mass is 418 g/mol. The van der Waals surface area contributed by atoms with Gasteiger partial charge in [0.1, 0.15) is 24.0 Å². The quantitative estimate of drug-likeness (QED) is 0.545. The Morgan fingerprint density at radius 1 is 1.43 bits per heavy atom. The van der Waals surface area contributed by atoms with Crippen molar-refractivity contribution in [3.63, 3.8) is 0 Å². The number of aromatic nitrogens is 3. The van der Waals surface area contributed by atoms with Crippen molar-refractivity contribution >= 4 is 11.3 Å². The van der Waals surface area contributed by atoms with Crippen LogP contribution in [0.4, 0.5) is 5.82 Å². The Balaban J connectivity index is 1.61. The van der Waals surface area contributed by atoms with Crippen LogP contribution in [0.3, 0.4) is 0 Å². The first-order chi connectivity index (χ1) is 14.3. The Hall–Kier alpha value is -2.29. The van der Waals surface area contributed by atoms with Crippen LogP contribution in [0.25, 0.3) is 5.52 Å². The minimum atomic E-state index is -1.31. The van der Waals surface area contributed by atoms with Gasteiger partial charge in [0.05, 0.1) is 18.4 Å². The molecule has 2 saturated heterocycles. The molecule has 2 unspecified atom stereocenters. The number of anilines is 1. The van der Waals surface area contributed by atoms with Crippen LogP contribution in [-0.2, 0) is 24.5 Å². The Morgan fingerprint density at radius 2 is 2.27 bits per heavy atom. The molecule has 4 atom stereocenters. The molecule has 0 aliphatic carbocycles. The number of hydrogen-bond acceptors (Lipinski definition) is 8. The zero-order valence-corrected chi connectivity index (χ0v) is 17.2. The smallest absolute Gasteiger partial charge is 0.267 e. The highest BCUT2D eigenvalue weighted by atomic mass is 16.7. The second-order valence-electron chi connectivity index (χ2n) is 8.26. The van der Waals surface area contributed by atoms with Gasteiger partial charge in [-0.05, 0) is 31.4 Å². The average Bonchev–Trinajstić information content (AvgIpc) is 3.29. The van der Waals surface area contributed by atoms with Gasteiger partial charge in [-0.3, -0.25) is 0 Å². The van der Waals surface area contributed by atoms with Gasteiger partial charge in [0.2, 0.25) is 0 Å². The van der Waals surface area contributed by atoms with E-state index in [2.05, 4.69) is 16.2 Å². The van der Waals surface area contributed by atoms with Gasteiger partial charge in [0.15, 0.2) is 17.7 Å². The summed E-state index contributed by atoms with van der Waals surface area (Å²) >= 11 is 0. The lowest BCUT2D eigenvalue weighted by Crippen LogP contribution is -2.38. The topological polar surface area (TPSA) is 140 Å². The van der Waals surface area contributed by atoms with E-state index in [0.29, 0.717) is 23.6 Å². The minimum absolute atomic E-state index is 0.204. The highest BCUT2D eigenvalue weighted by Crippen LogP contribution is 2.42. The largest absolute Gasteiger partial charge is 0.420 e. The number of ether oxygens (including phenoxy) is 4. The fourth-order valence-corrected chi connectivity index (χ4v) is 4.03. The maximum absolute atomic E-state index is 10.1. The maximum Gasteiger partial charge on any atom is 0.267 e. The van der Waals surface area contributed by atoms with Gasteiger partial charge >= 0.3 is 0 Å². The van der Waals surface area contributed by atoms with Crippen molar-refractivity contribution in [2.45, 2.75) is 69.4 Å². The van der Waals surface area contributed by atoms with Crippen molar-refractivity contribution in [1.29, 1.82) is 5.26 Å². The molecule has 2 fully saturated rings. The number of nitriles is 1. The van der Waals surface area contributed by atoms with Crippen molar-refractivity contribution in [2.24, 2.45) is 0 Å². The van der Waals surface area contributed by atoms with Gasteiger partial charge < -0.3 is 29.8 Å². The highest BCUT2D eigenvalue weighted by Gasteiger charge is 2.52. The molecule has 30 heavy (non-hydrogen) atoms. The molecule has 10 nitrogen and oxygen atoms in total. The van der Waals surface area contributed by atoms with Gasteiger partial charge in [-0.15, -0.1) is 0 Å². The summed E-state index contributed by atoms with van der Waals surface area (Å²) in [4.78, 5) is 3.99. The molecular formula is C20H28N5O5+. The first-order valence-electron chi connectivity index (χ1n) is 10.2. The Bertz CT molecular complexity index is 930. The zero-order valence-electron chi connectivity index (χ0n) is 17.2. The lowest BCUT2D eigenvalue weighted by Gasteiger charge is -2.27. The molecule has 4 rings (SSSR count). The van der Waals surface area contributed by atoms with Crippen molar-refractivity contribution in [3.8, 4) is 6.07 Å². The minimum Gasteiger partial charge on any atom is -0.420 e. The third-order valence-electron chi connectivity index (χ3n) is 5.36. The Morgan fingerprint density at radius 3 is 2.97 bits per heavy atom. The highest BCUT2D eigenvalue weighted by molar-refractivity contribution is 5.66. The molecule has 0 radical (unpaired) electrons. The lowest BCUT2D eigenvalue weighted by molar-refractivity contribution is -0.230. The second kappa shape index (κ2) is 8.09. The summed E-state index contributed by atoms with van der Waals surface area (Å²) in [6.45, 7) is 4.19. The molecule has 0 spiro atoms. The van der Waals surface area contributed by atoms with E-state index in [1.807, 2.05) is 0 Å². The Kier molecular flexibility index (Phi) is 5.65. The van der Waals surface area contributed by atoms with Crippen LogP contribution in [0, 0.1) is 11.3 Å². The van der Waals surface area contributed by atoms with Crippen LogP contribution in [0.15, 0.2) is 18.5 Å². The van der Waals surface area contributed by atoms with E-state index in [9.17, 15) is 5.26 Å². The van der Waals surface area contributed by atoms with Gasteiger partial charge in [-0.25, -0.2) is 9.50 Å². The van der Waals surface area contributed by atoms with Crippen molar-refractivity contribution in [2.75, 3.05) is 18.9 Å². The molecule has 0 saturated carbocycles. The van der Waals surface area contributed by atoms with Crippen molar-refractivity contribution < 1.29 is 24.1 Å². The number of nitrogens with two attached hydrogens (primary N) is 1. The van der Waals surface area contributed by atoms with Crippen LogP contribution in [-0.4, -0.2) is 57.2 Å². The van der Waals surface area contributed by atoms with Crippen LogP contribution in [0.5, 0.6) is 0 Å². The summed E-state index contributed by atoms with van der Waals surface area (Å²) in [5.74, 6) is -0.829. The molecule has 4 N–H and O–H groups in total. The zero-order chi connectivity index (χ0) is 21.4.